The number of benzene rings is 2. The van der Waals surface area contributed by atoms with Gasteiger partial charge in [0.15, 0.2) is 6.10 Å². The number of esters is 2. The molecule has 191 valence electrons. The minimum atomic E-state index is -0.867. The normalized spacial score (nSPS) is 21.8. The molecule has 3 rings (SSSR count). The maximum absolute atomic E-state index is 13.0. The molecular formula is C27H32N3O6. The summed E-state index contributed by atoms with van der Waals surface area (Å²) in [5.74, 6) is -0.763. The van der Waals surface area contributed by atoms with Gasteiger partial charge in [0.05, 0.1) is 31.4 Å². The number of carbonyl (C=O) groups is 2. The topological polar surface area (TPSA) is 120 Å². The highest BCUT2D eigenvalue weighted by molar-refractivity contribution is 5.89. The average Bonchev–Trinajstić information content (AvgIpc) is 2.91. The largest absolute Gasteiger partial charge is 0.469 e. The molecule has 1 fully saturated rings. The molecule has 2 aromatic carbocycles. The third-order valence-electron chi connectivity index (χ3n) is 6.02. The first-order valence-electron chi connectivity index (χ1n) is 12.1. The average molecular weight is 495 g/mol. The van der Waals surface area contributed by atoms with Gasteiger partial charge in [0.1, 0.15) is 12.2 Å². The molecular weight excluding hydrogens is 462 g/mol. The van der Waals surface area contributed by atoms with Crippen molar-refractivity contribution in [3.8, 4) is 0 Å². The zero-order valence-corrected chi connectivity index (χ0v) is 20.6. The first-order valence-corrected chi connectivity index (χ1v) is 12.1. The van der Waals surface area contributed by atoms with Crippen LogP contribution in [-0.2, 0) is 30.3 Å². The summed E-state index contributed by atoms with van der Waals surface area (Å²) in [5, 5.41) is 3.94. The molecule has 0 spiro atoms. The number of carbonyl (C=O) groups excluding carboxylic acids is 2. The Kier molecular flexibility index (Phi) is 10.8. The van der Waals surface area contributed by atoms with Gasteiger partial charge in [-0.15, -0.1) is 0 Å². The van der Waals surface area contributed by atoms with Gasteiger partial charge in [0.25, 0.3) is 0 Å². The van der Waals surface area contributed by atoms with Crippen LogP contribution in [0, 0.1) is 6.10 Å². The van der Waals surface area contributed by atoms with Crippen molar-refractivity contribution in [2.45, 2.75) is 70.0 Å². The van der Waals surface area contributed by atoms with E-state index in [9.17, 15) is 15.1 Å². The molecule has 0 aliphatic carbocycles. The highest BCUT2D eigenvalue weighted by atomic mass is 16.6. The molecule has 0 unspecified atom stereocenters. The number of hydrogen-bond acceptors (Lipinski definition) is 7. The second-order valence-electron chi connectivity index (χ2n) is 8.57. The molecule has 0 saturated carbocycles. The molecule has 36 heavy (non-hydrogen) atoms. The second-order valence-corrected chi connectivity index (χ2v) is 8.57. The predicted molar refractivity (Wildman–Crippen MR) is 132 cm³/mol. The predicted octanol–water partition coefficient (Wildman–Crippen LogP) is 5.55. The van der Waals surface area contributed by atoms with Crippen molar-refractivity contribution in [1.29, 1.82) is 0 Å². The summed E-state index contributed by atoms with van der Waals surface area (Å²) in [4.78, 5) is 27.4. The van der Waals surface area contributed by atoms with Crippen LogP contribution in [0.25, 0.3) is 10.4 Å². The van der Waals surface area contributed by atoms with Crippen molar-refractivity contribution in [1.82, 2.24) is 0 Å². The van der Waals surface area contributed by atoms with Gasteiger partial charge in [-0.05, 0) is 43.0 Å². The summed E-state index contributed by atoms with van der Waals surface area (Å²) >= 11 is 0. The monoisotopic (exact) mass is 494 g/mol. The van der Waals surface area contributed by atoms with Gasteiger partial charge in [-0.2, -0.15) is 0 Å². The van der Waals surface area contributed by atoms with Gasteiger partial charge in [-0.3, -0.25) is 4.79 Å². The zero-order chi connectivity index (χ0) is 25.8. The summed E-state index contributed by atoms with van der Waals surface area (Å²) in [7, 11) is 1.37. The SMILES string of the molecule is COC(=O)CCCCC[C]1O[C@H](C)[C@@H](N=[N+]=[N-])[C@H](OCc2ccccc2)[C@@H]1OC(=O)c1ccccc1. The quantitative estimate of drug-likeness (QED) is 0.125. The molecule has 9 heteroatoms. The summed E-state index contributed by atoms with van der Waals surface area (Å²) in [5.41, 5.74) is 10.5. The van der Waals surface area contributed by atoms with Gasteiger partial charge >= 0.3 is 11.9 Å². The second kappa shape index (κ2) is 14.2. The van der Waals surface area contributed by atoms with Crippen molar-refractivity contribution in [2.24, 2.45) is 5.11 Å². The third-order valence-corrected chi connectivity index (χ3v) is 6.02. The van der Waals surface area contributed by atoms with Crippen molar-refractivity contribution in [3.63, 3.8) is 0 Å². The van der Waals surface area contributed by atoms with E-state index in [0.717, 1.165) is 18.4 Å². The van der Waals surface area contributed by atoms with E-state index in [1.807, 2.05) is 43.3 Å². The molecule has 1 heterocycles. The van der Waals surface area contributed by atoms with Crippen LogP contribution in [0.5, 0.6) is 0 Å². The minimum Gasteiger partial charge on any atom is -0.469 e. The first kappa shape index (κ1) is 27.2. The van der Waals surface area contributed by atoms with E-state index in [2.05, 4.69) is 10.0 Å². The molecule has 1 radical (unpaired) electrons. The molecule has 1 aliphatic heterocycles. The highest BCUT2D eigenvalue weighted by Crippen LogP contribution is 2.36. The molecule has 0 bridgehead atoms. The number of ether oxygens (including phenoxy) is 4. The molecule has 4 atom stereocenters. The Morgan fingerprint density at radius 3 is 2.39 bits per heavy atom. The number of rotatable bonds is 12. The maximum Gasteiger partial charge on any atom is 0.338 e. The van der Waals surface area contributed by atoms with E-state index < -0.39 is 30.3 Å². The van der Waals surface area contributed by atoms with Crippen LogP contribution < -0.4 is 0 Å². The molecule has 0 N–H and O–H groups in total. The van der Waals surface area contributed by atoms with Crippen LogP contribution in [0.1, 0.15) is 54.9 Å². The van der Waals surface area contributed by atoms with E-state index in [4.69, 9.17) is 18.9 Å². The fraction of sp³-hybridized carbons (Fsp3) is 0.444. The van der Waals surface area contributed by atoms with E-state index in [1.54, 1.807) is 24.3 Å². The van der Waals surface area contributed by atoms with E-state index in [0.29, 0.717) is 30.9 Å². The molecule has 0 amide bonds. The first-order chi connectivity index (χ1) is 17.5. The summed E-state index contributed by atoms with van der Waals surface area (Å²) in [6, 6.07) is 17.6. The van der Waals surface area contributed by atoms with Crippen LogP contribution in [0.3, 0.4) is 0 Å². The Hall–Kier alpha value is -3.39. The molecule has 0 aromatic heterocycles. The molecule has 9 nitrogen and oxygen atoms in total. The van der Waals surface area contributed by atoms with Crippen LogP contribution in [0.2, 0.25) is 0 Å². The Morgan fingerprint density at radius 1 is 1.03 bits per heavy atom. The van der Waals surface area contributed by atoms with Crippen LogP contribution in [-0.4, -0.2) is 43.4 Å². The number of azide groups is 1. The fourth-order valence-electron chi connectivity index (χ4n) is 4.12. The Balaban J connectivity index is 1.79. The van der Waals surface area contributed by atoms with E-state index in [1.165, 1.54) is 7.11 Å². The van der Waals surface area contributed by atoms with Crippen molar-refractivity contribution < 1.29 is 28.5 Å². The Labute approximate surface area is 211 Å². The van der Waals surface area contributed by atoms with Crippen molar-refractivity contribution in [3.05, 3.63) is 88.3 Å². The summed E-state index contributed by atoms with van der Waals surface area (Å²) < 4.78 is 23.0. The lowest BCUT2D eigenvalue weighted by Crippen LogP contribution is -2.55. The molecule has 2 aromatic rings. The van der Waals surface area contributed by atoms with Gasteiger partial charge in [0.2, 0.25) is 0 Å². The standard InChI is InChI=1S/C27H32N3O6/c1-19-24(29-30-28)26(34-18-20-12-6-3-7-13-20)25(36-27(32)21-14-8-4-9-15-21)22(35-19)16-10-5-11-17-23(31)33-2/h3-4,6-9,12-15,19,24-26H,5,10-11,16-18H2,1-2H3/t19-,24-,25-,26+/m1/s1. The third kappa shape index (κ3) is 7.81. The minimum absolute atomic E-state index is 0.244. The van der Waals surface area contributed by atoms with Gasteiger partial charge < -0.3 is 18.9 Å². The summed E-state index contributed by atoms with van der Waals surface area (Å²) in [6.07, 6.45) is 1.51. The van der Waals surface area contributed by atoms with Gasteiger partial charge in [-0.25, -0.2) is 4.79 Å². The van der Waals surface area contributed by atoms with Crippen LogP contribution in [0.4, 0.5) is 0 Å². The lowest BCUT2D eigenvalue weighted by molar-refractivity contribution is -0.153. The molecule has 1 saturated heterocycles. The molecule has 1 aliphatic rings. The van der Waals surface area contributed by atoms with Crippen molar-refractivity contribution >= 4 is 11.9 Å². The fourth-order valence-corrected chi connectivity index (χ4v) is 4.12. The lowest BCUT2D eigenvalue weighted by atomic mass is 9.90. The van der Waals surface area contributed by atoms with Crippen LogP contribution >= 0.6 is 0 Å². The van der Waals surface area contributed by atoms with E-state index >= 15 is 0 Å². The maximum atomic E-state index is 13.0. The Morgan fingerprint density at radius 2 is 1.72 bits per heavy atom. The van der Waals surface area contributed by atoms with Crippen molar-refractivity contribution in [2.75, 3.05) is 7.11 Å². The number of methoxy groups -OCH3 is 1. The summed E-state index contributed by atoms with van der Waals surface area (Å²) in [6.45, 7) is 2.06. The highest BCUT2D eigenvalue weighted by Gasteiger charge is 2.47. The number of hydrogen-bond donors (Lipinski definition) is 0. The lowest BCUT2D eigenvalue weighted by Gasteiger charge is -2.43. The van der Waals surface area contributed by atoms with E-state index in [-0.39, 0.29) is 12.6 Å². The smallest absolute Gasteiger partial charge is 0.338 e. The van der Waals surface area contributed by atoms with Gasteiger partial charge in [0, 0.05) is 11.3 Å². The van der Waals surface area contributed by atoms with Crippen LogP contribution in [0.15, 0.2) is 65.8 Å². The zero-order valence-electron chi connectivity index (χ0n) is 20.6. The Bertz CT molecular complexity index is 1010. The number of nitrogens with zero attached hydrogens (tertiary/aromatic N) is 3. The van der Waals surface area contributed by atoms with Gasteiger partial charge in [-0.1, -0.05) is 66.5 Å². The number of unbranched alkanes of at least 4 members (excludes halogenated alkanes) is 2.